The van der Waals surface area contributed by atoms with E-state index < -0.39 is 27.7 Å². The number of aromatic amines is 2. The molecule has 2 rings (SSSR count). The summed E-state index contributed by atoms with van der Waals surface area (Å²) in [6.07, 6.45) is 1.99. The minimum Gasteiger partial charge on any atom is -0.480 e. The van der Waals surface area contributed by atoms with E-state index in [-0.39, 0.29) is 11.3 Å². The van der Waals surface area contributed by atoms with Gasteiger partial charge in [0.1, 0.15) is 6.04 Å². The molecule has 0 saturated heterocycles. The average molecular weight is 345 g/mol. The molecule has 0 aliphatic heterocycles. The molecule has 1 aromatic heterocycles. The zero-order valence-corrected chi connectivity index (χ0v) is 13.3. The van der Waals surface area contributed by atoms with E-state index >= 15 is 0 Å². The number of carboxylic acid groups (broad SMARTS) is 1. The van der Waals surface area contributed by atoms with Gasteiger partial charge in [0.2, 0.25) is 10.0 Å². The van der Waals surface area contributed by atoms with Gasteiger partial charge in [-0.15, -0.1) is 0 Å². The summed E-state index contributed by atoms with van der Waals surface area (Å²) in [7, 11) is -3.99. The first-order chi connectivity index (χ1) is 10.3. The van der Waals surface area contributed by atoms with Gasteiger partial charge in [-0.3, -0.25) is 4.79 Å². The molecule has 0 bridgehead atoms. The lowest BCUT2D eigenvalue weighted by Gasteiger charge is -2.14. The van der Waals surface area contributed by atoms with Crippen LogP contribution in [0.2, 0.25) is 0 Å². The lowest BCUT2D eigenvalue weighted by molar-refractivity contribution is -0.139. The first kappa shape index (κ1) is 16.6. The van der Waals surface area contributed by atoms with Gasteiger partial charge in [-0.2, -0.15) is 16.5 Å². The molecule has 0 spiro atoms. The summed E-state index contributed by atoms with van der Waals surface area (Å²) < 4.78 is 26.7. The van der Waals surface area contributed by atoms with Crippen molar-refractivity contribution in [1.29, 1.82) is 0 Å². The Kier molecular flexibility index (Phi) is 4.94. The van der Waals surface area contributed by atoms with Crippen LogP contribution in [0.25, 0.3) is 11.0 Å². The van der Waals surface area contributed by atoms with Gasteiger partial charge in [-0.05, 0) is 36.6 Å². The van der Waals surface area contributed by atoms with Crippen molar-refractivity contribution in [1.82, 2.24) is 14.7 Å². The van der Waals surface area contributed by atoms with Gasteiger partial charge in [0.05, 0.1) is 15.9 Å². The summed E-state index contributed by atoms with van der Waals surface area (Å²) in [5.74, 6) is -0.710. The van der Waals surface area contributed by atoms with Gasteiger partial charge >= 0.3 is 11.7 Å². The monoisotopic (exact) mass is 345 g/mol. The average Bonchev–Trinajstić information content (AvgIpc) is 2.82. The number of benzene rings is 1. The molecule has 0 saturated carbocycles. The van der Waals surface area contributed by atoms with Crippen LogP contribution in [0.1, 0.15) is 6.42 Å². The number of aromatic nitrogens is 2. The highest BCUT2D eigenvalue weighted by atomic mass is 32.2. The molecule has 0 fully saturated rings. The molecule has 120 valence electrons. The second-order valence-electron chi connectivity index (χ2n) is 4.58. The van der Waals surface area contributed by atoms with Crippen molar-refractivity contribution in [2.75, 3.05) is 12.0 Å². The zero-order chi connectivity index (χ0) is 16.3. The van der Waals surface area contributed by atoms with Gasteiger partial charge in [-0.25, -0.2) is 13.2 Å². The Labute approximate surface area is 130 Å². The van der Waals surface area contributed by atoms with E-state index in [1.807, 2.05) is 6.26 Å². The number of carbonyl (C=O) groups is 1. The normalized spacial score (nSPS) is 13.3. The molecule has 0 aliphatic carbocycles. The molecular weight excluding hydrogens is 330 g/mol. The predicted octanol–water partition coefficient (Wildman–Crippen LogP) is 0.341. The Morgan fingerprint density at radius 3 is 2.68 bits per heavy atom. The number of nitrogens with one attached hydrogen (secondary N) is 3. The van der Waals surface area contributed by atoms with Crippen LogP contribution in [0, 0.1) is 0 Å². The number of thioether (sulfide) groups is 1. The molecule has 4 N–H and O–H groups in total. The maximum absolute atomic E-state index is 12.3. The van der Waals surface area contributed by atoms with E-state index in [0.29, 0.717) is 16.8 Å². The van der Waals surface area contributed by atoms with Crippen LogP contribution in [0.15, 0.2) is 27.9 Å². The van der Waals surface area contributed by atoms with Crippen molar-refractivity contribution in [2.45, 2.75) is 17.4 Å². The van der Waals surface area contributed by atoms with Gasteiger partial charge < -0.3 is 15.1 Å². The number of carboxylic acids is 1. The number of hydrogen-bond acceptors (Lipinski definition) is 5. The fraction of sp³-hybridized carbons (Fsp3) is 0.333. The molecule has 0 aliphatic rings. The number of sulfonamides is 1. The van der Waals surface area contributed by atoms with Crippen molar-refractivity contribution in [3.8, 4) is 0 Å². The highest BCUT2D eigenvalue weighted by molar-refractivity contribution is 7.98. The van der Waals surface area contributed by atoms with Crippen molar-refractivity contribution < 1.29 is 18.3 Å². The molecule has 1 aromatic carbocycles. The molecule has 10 heteroatoms. The Morgan fingerprint density at radius 2 is 2.05 bits per heavy atom. The topological polar surface area (TPSA) is 132 Å². The molecule has 8 nitrogen and oxygen atoms in total. The Hall–Kier alpha value is -1.78. The van der Waals surface area contributed by atoms with E-state index in [1.165, 1.54) is 30.0 Å². The first-order valence-electron chi connectivity index (χ1n) is 6.29. The van der Waals surface area contributed by atoms with Crippen LogP contribution < -0.4 is 10.4 Å². The fourth-order valence-corrected chi connectivity index (χ4v) is 3.62. The third-order valence-electron chi connectivity index (χ3n) is 3.00. The van der Waals surface area contributed by atoms with Crippen molar-refractivity contribution in [3.05, 3.63) is 28.7 Å². The van der Waals surface area contributed by atoms with Crippen LogP contribution in [0.3, 0.4) is 0 Å². The summed E-state index contributed by atoms with van der Waals surface area (Å²) >= 11 is 1.43. The van der Waals surface area contributed by atoms with E-state index in [0.717, 1.165) is 0 Å². The molecule has 1 atom stereocenters. The highest BCUT2D eigenvalue weighted by Gasteiger charge is 2.25. The molecular formula is C12H15N3O5S2. The summed E-state index contributed by atoms with van der Waals surface area (Å²) in [6.45, 7) is 0. The van der Waals surface area contributed by atoms with Gasteiger partial charge in [0, 0.05) is 0 Å². The Morgan fingerprint density at radius 1 is 1.36 bits per heavy atom. The SMILES string of the molecule is CSCCC(NS(=O)(=O)c1ccc2[nH]c(=O)[nH]c2c1)C(=O)O. The Balaban J connectivity index is 2.30. The predicted molar refractivity (Wildman–Crippen MR) is 83.7 cm³/mol. The lowest BCUT2D eigenvalue weighted by Crippen LogP contribution is -2.41. The number of fused-ring (bicyclic) bond motifs is 1. The molecule has 1 heterocycles. The van der Waals surface area contributed by atoms with Crippen LogP contribution in [-0.2, 0) is 14.8 Å². The first-order valence-corrected chi connectivity index (χ1v) is 9.17. The molecule has 1 unspecified atom stereocenters. The quantitative estimate of drug-likeness (QED) is 0.572. The van der Waals surface area contributed by atoms with Crippen molar-refractivity contribution in [2.24, 2.45) is 0 Å². The highest BCUT2D eigenvalue weighted by Crippen LogP contribution is 2.16. The smallest absolute Gasteiger partial charge is 0.323 e. The number of rotatable bonds is 7. The number of aliphatic carboxylic acids is 1. The van der Waals surface area contributed by atoms with Crippen molar-refractivity contribution in [3.63, 3.8) is 0 Å². The maximum atomic E-state index is 12.3. The van der Waals surface area contributed by atoms with Crippen LogP contribution >= 0.6 is 11.8 Å². The summed E-state index contributed by atoms with van der Waals surface area (Å²) in [5.41, 5.74) is 0.367. The van der Waals surface area contributed by atoms with E-state index in [9.17, 15) is 18.0 Å². The van der Waals surface area contributed by atoms with Crippen LogP contribution in [-0.4, -0.2) is 47.5 Å². The number of hydrogen-bond donors (Lipinski definition) is 4. The van der Waals surface area contributed by atoms with E-state index in [1.54, 1.807) is 0 Å². The number of imidazole rings is 1. The van der Waals surface area contributed by atoms with Gasteiger partial charge in [0.25, 0.3) is 0 Å². The van der Waals surface area contributed by atoms with Crippen LogP contribution in [0.5, 0.6) is 0 Å². The maximum Gasteiger partial charge on any atom is 0.323 e. The number of H-pyrrole nitrogens is 2. The Bertz CT molecular complexity index is 840. The standard InChI is InChI=1S/C12H15N3O5S2/c1-21-5-4-9(11(16)17)15-22(19,20)7-2-3-8-10(6-7)14-12(18)13-8/h2-3,6,9,15H,4-5H2,1H3,(H,16,17)(H2,13,14,18). The third-order valence-corrected chi connectivity index (χ3v) is 5.12. The zero-order valence-electron chi connectivity index (χ0n) is 11.6. The second-order valence-corrected chi connectivity index (χ2v) is 7.28. The van der Waals surface area contributed by atoms with E-state index in [2.05, 4.69) is 14.7 Å². The lowest BCUT2D eigenvalue weighted by atomic mass is 10.2. The van der Waals surface area contributed by atoms with Crippen LogP contribution in [0.4, 0.5) is 0 Å². The molecule has 0 radical (unpaired) electrons. The molecule has 0 amide bonds. The minimum absolute atomic E-state index is 0.106. The fourth-order valence-electron chi connectivity index (χ4n) is 1.90. The van der Waals surface area contributed by atoms with E-state index in [4.69, 9.17) is 5.11 Å². The third kappa shape index (κ3) is 3.70. The second kappa shape index (κ2) is 6.55. The van der Waals surface area contributed by atoms with Gasteiger partial charge in [-0.1, -0.05) is 0 Å². The molecule has 22 heavy (non-hydrogen) atoms. The van der Waals surface area contributed by atoms with Gasteiger partial charge in [0.15, 0.2) is 0 Å². The van der Waals surface area contributed by atoms with Crippen molar-refractivity contribution >= 4 is 38.8 Å². The minimum atomic E-state index is -3.99. The largest absolute Gasteiger partial charge is 0.480 e. The molecule has 2 aromatic rings. The summed E-state index contributed by atoms with van der Waals surface area (Å²) in [5, 5.41) is 9.10. The summed E-state index contributed by atoms with van der Waals surface area (Å²) in [4.78, 5) is 27.2. The summed E-state index contributed by atoms with van der Waals surface area (Å²) in [6, 6.07) is 2.84.